The van der Waals surface area contributed by atoms with Gasteiger partial charge in [0.25, 0.3) is 0 Å². The van der Waals surface area contributed by atoms with Crippen molar-refractivity contribution in [3.05, 3.63) is 59.4 Å². The molecule has 7 heteroatoms. The maximum Gasteiger partial charge on any atom is 0.234 e. The Bertz CT molecular complexity index is 1050. The van der Waals surface area contributed by atoms with Gasteiger partial charge in [-0.2, -0.15) is 0 Å². The van der Waals surface area contributed by atoms with Crippen LogP contribution in [0.4, 0.5) is 5.69 Å². The fourth-order valence-electron chi connectivity index (χ4n) is 3.42. The van der Waals surface area contributed by atoms with E-state index in [1.807, 2.05) is 56.3 Å². The smallest absolute Gasteiger partial charge is 0.234 e. The van der Waals surface area contributed by atoms with Crippen LogP contribution in [0.15, 0.2) is 47.5 Å². The molecule has 0 aliphatic carbocycles. The summed E-state index contributed by atoms with van der Waals surface area (Å²) in [5.41, 5.74) is 3.95. The van der Waals surface area contributed by atoms with Crippen LogP contribution in [0.5, 0.6) is 0 Å². The largest absolute Gasteiger partial charge is 0.379 e. The van der Waals surface area contributed by atoms with Crippen LogP contribution in [-0.2, 0) is 16.1 Å². The molecular weight excluding hydrogens is 396 g/mol. The molecule has 1 N–H and O–H groups in total. The fourth-order valence-corrected chi connectivity index (χ4v) is 4.26. The Balaban J connectivity index is 1.49. The zero-order valence-corrected chi connectivity index (χ0v) is 18.2. The van der Waals surface area contributed by atoms with E-state index in [9.17, 15) is 4.79 Å². The number of anilines is 1. The van der Waals surface area contributed by atoms with Gasteiger partial charge in [-0.05, 0) is 37.1 Å². The van der Waals surface area contributed by atoms with Gasteiger partial charge in [-0.3, -0.25) is 9.69 Å². The van der Waals surface area contributed by atoms with E-state index in [4.69, 9.17) is 14.7 Å². The predicted octanol–water partition coefficient (Wildman–Crippen LogP) is 3.81. The van der Waals surface area contributed by atoms with Crippen LogP contribution in [0.2, 0.25) is 0 Å². The van der Waals surface area contributed by atoms with Gasteiger partial charge in [0.05, 0.1) is 31.0 Å². The van der Waals surface area contributed by atoms with Crippen molar-refractivity contribution in [3.63, 3.8) is 0 Å². The third kappa shape index (κ3) is 5.16. The van der Waals surface area contributed by atoms with Crippen LogP contribution in [0, 0.1) is 13.8 Å². The number of morpholine rings is 1. The van der Waals surface area contributed by atoms with Gasteiger partial charge in [0.15, 0.2) is 0 Å². The molecule has 0 unspecified atom stereocenters. The lowest BCUT2D eigenvalue weighted by Crippen LogP contribution is -2.36. The van der Waals surface area contributed by atoms with E-state index in [0.717, 1.165) is 64.9 Å². The van der Waals surface area contributed by atoms with Crippen LogP contribution in [0.1, 0.15) is 17.0 Å². The molecule has 1 aromatic heterocycles. The van der Waals surface area contributed by atoms with Crippen LogP contribution in [0.3, 0.4) is 0 Å². The number of aromatic nitrogens is 2. The van der Waals surface area contributed by atoms with Crippen molar-refractivity contribution >= 4 is 34.3 Å². The Morgan fingerprint density at radius 2 is 1.93 bits per heavy atom. The number of nitrogens with one attached hydrogen (secondary N) is 1. The molecule has 3 aromatic rings. The Morgan fingerprint density at radius 1 is 1.13 bits per heavy atom. The van der Waals surface area contributed by atoms with E-state index >= 15 is 0 Å². The summed E-state index contributed by atoms with van der Waals surface area (Å²) in [4.78, 5) is 24.4. The standard InChI is InChI=1S/C23H26N4O2S/c1-16-7-8-17(2)20(13-16)25-22(28)15-30-23-18-5-3-4-6-19(18)24-21(26-23)14-27-9-11-29-12-10-27/h3-8,13H,9-12,14-15H2,1-2H3,(H,25,28). The summed E-state index contributed by atoms with van der Waals surface area (Å²) in [7, 11) is 0. The summed E-state index contributed by atoms with van der Waals surface area (Å²) in [6.45, 7) is 7.97. The summed E-state index contributed by atoms with van der Waals surface area (Å²) in [6.07, 6.45) is 0. The van der Waals surface area contributed by atoms with E-state index < -0.39 is 0 Å². The van der Waals surface area contributed by atoms with Gasteiger partial charge in [0.2, 0.25) is 5.91 Å². The number of benzene rings is 2. The van der Waals surface area contributed by atoms with Gasteiger partial charge in [-0.1, -0.05) is 42.1 Å². The van der Waals surface area contributed by atoms with Crippen LogP contribution in [-0.4, -0.2) is 52.8 Å². The molecule has 1 aliphatic rings. The van der Waals surface area contributed by atoms with E-state index in [2.05, 4.69) is 10.2 Å². The maximum absolute atomic E-state index is 12.6. The molecule has 30 heavy (non-hydrogen) atoms. The Kier molecular flexibility index (Phi) is 6.62. The molecule has 0 radical (unpaired) electrons. The fraction of sp³-hybridized carbons (Fsp3) is 0.348. The molecule has 4 rings (SSSR count). The summed E-state index contributed by atoms with van der Waals surface area (Å²) < 4.78 is 5.43. The zero-order chi connectivity index (χ0) is 20.9. The first-order valence-electron chi connectivity index (χ1n) is 10.1. The number of thioether (sulfide) groups is 1. The third-order valence-corrected chi connectivity index (χ3v) is 6.08. The number of carbonyl (C=O) groups is 1. The molecule has 6 nitrogen and oxygen atoms in total. The first-order valence-corrected chi connectivity index (χ1v) is 11.1. The minimum absolute atomic E-state index is 0.0360. The number of fused-ring (bicyclic) bond motifs is 1. The van der Waals surface area contributed by atoms with Crippen molar-refractivity contribution in [2.75, 3.05) is 37.4 Å². The highest BCUT2D eigenvalue weighted by Crippen LogP contribution is 2.26. The normalized spacial score (nSPS) is 14.7. The molecule has 1 fully saturated rings. The topological polar surface area (TPSA) is 67.4 Å². The third-order valence-electron chi connectivity index (χ3n) is 5.09. The Labute approximate surface area is 181 Å². The van der Waals surface area contributed by atoms with Gasteiger partial charge in [0.1, 0.15) is 10.9 Å². The van der Waals surface area contributed by atoms with Crippen LogP contribution >= 0.6 is 11.8 Å². The molecule has 0 saturated carbocycles. The summed E-state index contributed by atoms with van der Waals surface area (Å²) >= 11 is 1.46. The lowest BCUT2D eigenvalue weighted by Gasteiger charge is -2.25. The van der Waals surface area contributed by atoms with Crippen molar-refractivity contribution < 1.29 is 9.53 Å². The second-order valence-electron chi connectivity index (χ2n) is 7.51. The number of hydrogen-bond acceptors (Lipinski definition) is 6. The van der Waals surface area contributed by atoms with Crippen LogP contribution in [0.25, 0.3) is 10.9 Å². The van der Waals surface area contributed by atoms with E-state index in [1.54, 1.807) is 0 Å². The van der Waals surface area contributed by atoms with E-state index in [0.29, 0.717) is 12.3 Å². The first-order chi connectivity index (χ1) is 14.6. The number of nitrogens with zero attached hydrogens (tertiary/aromatic N) is 3. The number of aryl methyl sites for hydroxylation is 2. The predicted molar refractivity (Wildman–Crippen MR) is 121 cm³/mol. The molecule has 156 valence electrons. The highest BCUT2D eigenvalue weighted by molar-refractivity contribution is 8.00. The quantitative estimate of drug-likeness (QED) is 0.481. The van der Waals surface area contributed by atoms with Crippen molar-refractivity contribution in [1.82, 2.24) is 14.9 Å². The second kappa shape index (κ2) is 9.55. The molecule has 1 aliphatic heterocycles. The lowest BCUT2D eigenvalue weighted by molar-refractivity contribution is -0.113. The van der Waals surface area contributed by atoms with Crippen molar-refractivity contribution in [2.24, 2.45) is 0 Å². The minimum Gasteiger partial charge on any atom is -0.379 e. The molecule has 1 amide bonds. The highest BCUT2D eigenvalue weighted by atomic mass is 32.2. The molecule has 2 heterocycles. The summed E-state index contributed by atoms with van der Waals surface area (Å²) in [5, 5.41) is 4.85. The first kappa shape index (κ1) is 20.8. The number of hydrogen-bond donors (Lipinski definition) is 1. The molecule has 1 saturated heterocycles. The monoisotopic (exact) mass is 422 g/mol. The minimum atomic E-state index is -0.0360. The van der Waals surface area contributed by atoms with Gasteiger partial charge in [-0.25, -0.2) is 9.97 Å². The van der Waals surface area contributed by atoms with Gasteiger partial charge in [0, 0.05) is 24.2 Å². The Hall–Kier alpha value is -2.48. The van der Waals surface area contributed by atoms with E-state index in [1.165, 1.54) is 11.8 Å². The number of carbonyl (C=O) groups excluding carboxylic acids is 1. The number of para-hydroxylation sites is 1. The highest BCUT2D eigenvalue weighted by Gasteiger charge is 2.15. The average Bonchev–Trinajstić information content (AvgIpc) is 2.75. The lowest BCUT2D eigenvalue weighted by atomic mass is 10.1. The van der Waals surface area contributed by atoms with Crippen molar-refractivity contribution in [2.45, 2.75) is 25.4 Å². The van der Waals surface area contributed by atoms with Crippen molar-refractivity contribution in [3.8, 4) is 0 Å². The molecule has 0 spiro atoms. The summed E-state index contributed by atoms with van der Waals surface area (Å²) in [6, 6.07) is 14.0. The number of rotatable bonds is 6. The molecular formula is C23H26N4O2S. The molecule has 0 atom stereocenters. The van der Waals surface area contributed by atoms with Gasteiger partial charge < -0.3 is 10.1 Å². The zero-order valence-electron chi connectivity index (χ0n) is 17.4. The number of amides is 1. The molecule has 2 aromatic carbocycles. The van der Waals surface area contributed by atoms with Crippen molar-refractivity contribution in [1.29, 1.82) is 0 Å². The SMILES string of the molecule is Cc1ccc(C)c(NC(=O)CSc2nc(CN3CCOCC3)nc3ccccc23)c1. The van der Waals surface area contributed by atoms with E-state index in [-0.39, 0.29) is 5.91 Å². The van der Waals surface area contributed by atoms with Gasteiger partial charge >= 0.3 is 0 Å². The van der Waals surface area contributed by atoms with Gasteiger partial charge in [-0.15, -0.1) is 0 Å². The maximum atomic E-state index is 12.6. The molecule has 0 bridgehead atoms. The van der Waals surface area contributed by atoms with Crippen LogP contribution < -0.4 is 5.32 Å². The average molecular weight is 423 g/mol. The number of ether oxygens (including phenoxy) is 1. The Morgan fingerprint density at radius 3 is 2.77 bits per heavy atom. The summed E-state index contributed by atoms with van der Waals surface area (Å²) in [5.74, 6) is 1.05. The second-order valence-corrected chi connectivity index (χ2v) is 8.47.